The molecular formula is C16H19F4N5. The summed E-state index contributed by atoms with van der Waals surface area (Å²) >= 11 is 0. The molecule has 0 spiro atoms. The smallest absolute Gasteiger partial charge is 0.367 e. The molecule has 0 amide bonds. The van der Waals surface area contributed by atoms with Gasteiger partial charge in [-0.2, -0.15) is 17.6 Å². The molecule has 2 N–H and O–H groups in total. The summed E-state index contributed by atoms with van der Waals surface area (Å²) in [7, 11) is 0. The molecule has 0 bridgehead atoms. The highest BCUT2D eigenvalue weighted by molar-refractivity contribution is 5.73. The van der Waals surface area contributed by atoms with Gasteiger partial charge >= 0.3 is 6.18 Å². The Labute approximate surface area is 143 Å². The van der Waals surface area contributed by atoms with Crippen LogP contribution in [0.25, 0.3) is 0 Å². The Hall–Kier alpha value is -2.13. The van der Waals surface area contributed by atoms with Gasteiger partial charge in [-0.3, -0.25) is 14.8 Å². The van der Waals surface area contributed by atoms with Crippen molar-refractivity contribution in [3.8, 4) is 0 Å². The molecule has 1 atom stereocenters. The molecule has 0 saturated carbocycles. The Kier molecular flexibility index (Phi) is 4.96. The van der Waals surface area contributed by atoms with E-state index < -0.39 is 24.8 Å². The number of hydrogen-bond donors (Lipinski definition) is 1. The van der Waals surface area contributed by atoms with E-state index in [9.17, 15) is 17.6 Å². The second-order valence-corrected chi connectivity index (χ2v) is 5.98. The molecule has 1 fully saturated rings. The lowest BCUT2D eigenvalue weighted by Gasteiger charge is -2.39. The molecule has 2 aliphatic heterocycles. The molecule has 2 aliphatic rings. The number of rotatable bonds is 3. The number of nitrogens with two attached hydrogens (primary N) is 1. The van der Waals surface area contributed by atoms with Crippen LogP contribution in [0.1, 0.15) is 0 Å². The normalized spacial score (nSPS) is 22.3. The van der Waals surface area contributed by atoms with E-state index in [1.54, 1.807) is 24.4 Å². The highest BCUT2D eigenvalue weighted by Crippen LogP contribution is 2.34. The van der Waals surface area contributed by atoms with Crippen molar-refractivity contribution in [3.05, 3.63) is 42.6 Å². The Morgan fingerprint density at radius 3 is 2.52 bits per heavy atom. The van der Waals surface area contributed by atoms with Crippen LogP contribution in [-0.4, -0.2) is 54.9 Å². The molecule has 1 aromatic heterocycles. The highest BCUT2D eigenvalue weighted by Gasteiger charge is 2.33. The van der Waals surface area contributed by atoms with Crippen molar-refractivity contribution in [1.29, 1.82) is 0 Å². The van der Waals surface area contributed by atoms with Gasteiger partial charge < -0.3 is 10.6 Å². The maximum absolute atomic E-state index is 14.3. The predicted octanol–water partition coefficient (Wildman–Crippen LogP) is 2.24. The SMILES string of the molecule is NC1C=CC=C(F)N1c1cnccc1N1CCN(CC(F)(F)F)CC1. The number of nitrogens with zero attached hydrogens (tertiary/aromatic N) is 4. The molecule has 1 aromatic rings. The maximum atomic E-state index is 14.3. The monoisotopic (exact) mass is 357 g/mol. The number of piperazine rings is 1. The third kappa shape index (κ3) is 4.10. The number of allylic oxidation sites excluding steroid dienone is 2. The van der Waals surface area contributed by atoms with E-state index in [4.69, 9.17) is 5.73 Å². The summed E-state index contributed by atoms with van der Waals surface area (Å²) in [6, 6.07) is 1.73. The molecule has 0 radical (unpaired) electrons. The zero-order valence-electron chi connectivity index (χ0n) is 13.5. The fourth-order valence-corrected chi connectivity index (χ4v) is 3.07. The molecule has 0 aromatic carbocycles. The first kappa shape index (κ1) is 17.7. The number of anilines is 2. The number of halogens is 4. The number of alkyl halides is 3. The minimum absolute atomic E-state index is 0.283. The van der Waals surface area contributed by atoms with Gasteiger partial charge in [-0.25, -0.2) is 0 Å². The summed E-state index contributed by atoms with van der Waals surface area (Å²) < 4.78 is 51.8. The average Bonchev–Trinajstić information content (AvgIpc) is 2.54. The van der Waals surface area contributed by atoms with Crippen LogP contribution in [0.15, 0.2) is 42.6 Å². The standard InChI is InChI=1S/C16H19F4N5/c17-14-2-1-3-15(21)25(14)13-10-22-5-4-12(13)24-8-6-23(7-9-24)11-16(18,19)20/h1-5,10,15H,6-9,11,21H2. The van der Waals surface area contributed by atoms with Gasteiger partial charge in [-0.1, -0.05) is 6.08 Å². The molecule has 136 valence electrons. The van der Waals surface area contributed by atoms with Crippen LogP contribution in [0.4, 0.5) is 28.9 Å². The summed E-state index contributed by atoms with van der Waals surface area (Å²) in [5.41, 5.74) is 7.17. The second kappa shape index (κ2) is 7.01. The first-order valence-electron chi connectivity index (χ1n) is 7.92. The van der Waals surface area contributed by atoms with E-state index in [-0.39, 0.29) is 13.1 Å². The Morgan fingerprint density at radius 1 is 1.16 bits per heavy atom. The topological polar surface area (TPSA) is 48.6 Å². The van der Waals surface area contributed by atoms with Gasteiger partial charge in [0.2, 0.25) is 0 Å². The van der Waals surface area contributed by atoms with Crippen LogP contribution >= 0.6 is 0 Å². The third-order valence-corrected chi connectivity index (χ3v) is 4.22. The summed E-state index contributed by atoms with van der Waals surface area (Å²) in [4.78, 5) is 8.67. The highest BCUT2D eigenvalue weighted by atomic mass is 19.4. The van der Waals surface area contributed by atoms with Gasteiger partial charge in [-0.15, -0.1) is 0 Å². The van der Waals surface area contributed by atoms with Gasteiger partial charge in [0.25, 0.3) is 0 Å². The molecule has 3 rings (SSSR count). The maximum Gasteiger partial charge on any atom is 0.401 e. The predicted molar refractivity (Wildman–Crippen MR) is 87.7 cm³/mol. The van der Waals surface area contributed by atoms with E-state index in [0.29, 0.717) is 24.5 Å². The lowest BCUT2D eigenvalue weighted by Crippen LogP contribution is -2.50. The molecule has 25 heavy (non-hydrogen) atoms. The first-order chi connectivity index (χ1) is 11.8. The van der Waals surface area contributed by atoms with Crippen molar-refractivity contribution in [2.45, 2.75) is 12.3 Å². The van der Waals surface area contributed by atoms with Crippen molar-refractivity contribution in [2.24, 2.45) is 5.73 Å². The van der Waals surface area contributed by atoms with Crippen molar-refractivity contribution in [1.82, 2.24) is 9.88 Å². The molecule has 5 nitrogen and oxygen atoms in total. The fourth-order valence-electron chi connectivity index (χ4n) is 3.07. The lowest BCUT2D eigenvalue weighted by molar-refractivity contribution is -0.146. The number of pyridine rings is 1. The van der Waals surface area contributed by atoms with Crippen LogP contribution in [0.2, 0.25) is 0 Å². The molecule has 3 heterocycles. The van der Waals surface area contributed by atoms with E-state index in [1.165, 1.54) is 22.1 Å². The Morgan fingerprint density at radius 2 is 1.88 bits per heavy atom. The first-order valence-corrected chi connectivity index (χ1v) is 7.92. The largest absolute Gasteiger partial charge is 0.401 e. The van der Waals surface area contributed by atoms with Crippen LogP contribution in [0.3, 0.4) is 0 Å². The van der Waals surface area contributed by atoms with Crippen LogP contribution in [0.5, 0.6) is 0 Å². The molecule has 9 heteroatoms. The molecule has 1 unspecified atom stereocenters. The van der Waals surface area contributed by atoms with Gasteiger partial charge in [0.15, 0.2) is 5.95 Å². The van der Waals surface area contributed by atoms with Crippen molar-refractivity contribution < 1.29 is 17.6 Å². The van der Waals surface area contributed by atoms with Crippen LogP contribution in [-0.2, 0) is 0 Å². The van der Waals surface area contributed by atoms with Crippen LogP contribution in [0, 0.1) is 0 Å². The number of aromatic nitrogens is 1. The average molecular weight is 357 g/mol. The van der Waals surface area contributed by atoms with Gasteiger partial charge in [0.1, 0.15) is 6.17 Å². The lowest BCUT2D eigenvalue weighted by atomic mass is 10.2. The second-order valence-electron chi connectivity index (χ2n) is 5.98. The zero-order chi connectivity index (χ0) is 18.0. The van der Waals surface area contributed by atoms with Crippen molar-refractivity contribution >= 4 is 11.4 Å². The molecule has 0 aliphatic carbocycles. The quantitative estimate of drug-likeness (QED) is 0.664. The van der Waals surface area contributed by atoms with Gasteiger partial charge in [0.05, 0.1) is 24.1 Å². The summed E-state index contributed by atoms with van der Waals surface area (Å²) in [6.07, 6.45) is 2.73. The van der Waals surface area contributed by atoms with E-state index in [0.717, 1.165) is 0 Å². The summed E-state index contributed by atoms with van der Waals surface area (Å²) in [5, 5.41) is 0. The third-order valence-electron chi connectivity index (χ3n) is 4.22. The Bertz CT molecular complexity index is 665. The Balaban J connectivity index is 1.77. The van der Waals surface area contributed by atoms with Crippen LogP contribution < -0.4 is 15.5 Å². The molecular weight excluding hydrogens is 338 g/mol. The number of hydrogen-bond acceptors (Lipinski definition) is 5. The van der Waals surface area contributed by atoms with Crippen molar-refractivity contribution in [3.63, 3.8) is 0 Å². The zero-order valence-corrected chi connectivity index (χ0v) is 13.5. The molecule has 1 saturated heterocycles. The minimum atomic E-state index is -4.20. The van der Waals surface area contributed by atoms with Gasteiger partial charge in [-0.05, 0) is 18.2 Å². The van der Waals surface area contributed by atoms with E-state index >= 15 is 0 Å². The minimum Gasteiger partial charge on any atom is -0.367 e. The fraction of sp³-hybridized carbons (Fsp3) is 0.438. The summed E-state index contributed by atoms with van der Waals surface area (Å²) in [6.45, 7) is 0.481. The van der Waals surface area contributed by atoms with Crippen molar-refractivity contribution in [2.75, 3.05) is 42.5 Å². The summed E-state index contributed by atoms with van der Waals surface area (Å²) in [5.74, 6) is -0.500. The van der Waals surface area contributed by atoms with E-state index in [2.05, 4.69) is 4.98 Å². The van der Waals surface area contributed by atoms with Gasteiger partial charge in [0, 0.05) is 32.4 Å². The van der Waals surface area contributed by atoms with E-state index in [1.807, 2.05) is 4.90 Å².